The average molecular weight is 436 g/mol. The first-order chi connectivity index (χ1) is 15.8. The van der Waals surface area contributed by atoms with E-state index in [1.165, 1.54) is 16.7 Å². The van der Waals surface area contributed by atoms with Gasteiger partial charge < -0.3 is 15.4 Å². The van der Waals surface area contributed by atoms with Gasteiger partial charge in [0, 0.05) is 58.9 Å². The van der Waals surface area contributed by atoms with Crippen molar-refractivity contribution in [3.8, 4) is 0 Å². The van der Waals surface area contributed by atoms with Crippen molar-refractivity contribution >= 4 is 5.96 Å². The maximum absolute atomic E-state index is 5.44. The Hall–Kier alpha value is -2.41. The van der Waals surface area contributed by atoms with Crippen LogP contribution in [0.2, 0.25) is 0 Å². The lowest BCUT2D eigenvalue weighted by atomic mass is 10.0. The van der Waals surface area contributed by atoms with Crippen LogP contribution in [0.4, 0.5) is 0 Å². The van der Waals surface area contributed by atoms with Gasteiger partial charge in [-0.05, 0) is 29.5 Å². The van der Waals surface area contributed by atoms with Crippen molar-refractivity contribution in [3.05, 3.63) is 71.3 Å². The third kappa shape index (κ3) is 7.05. The number of rotatable bonds is 7. The number of hydrogen-bond acceptors (Lipinski definition) is 4. The maximum atomic E-state index is 5.44. The second kappa shape index (κ2) is 12.0. The summed E-state index contributed by atoms with van der Waals surface area (Å²) in [5, 5.41) is 7.10. The van der Waals surface area contributed by atoms with Crippen LogP contribution in [0.15, 0.2) is 59.6 Å². The molecular weight excluding hydrogens is 398 g/mol. The normalized spacial score (nSPS) is 19.1. The average Bonchev–Trinajstić information content (AvgIpc) is 2.85. The standard InChI is InChI=1S/C26H37N5O/c1-27-26(29-25-11-13-30(14-12-25)20-23-5-3-2-4-6-23)28-19-22-7-9-24(10-8-22)21-31-15-17-32-18-16-31/h2-10,25H,11-21H2,1H3,(H2,27,28,29). The molecule has 172 valence electrons. The van der Waals surface area contributed by atoms with Crippen molar-refractivity contribution < 1.29 is 4.74 Å². The second-order valence-corrected chi connectivity index (χ2v) is 8.81. The number of piperidine rings is 1. The van der Waals surface area contributed by atoms with Crippen LogP contribution in [0.1, 0.15) is 29.5 Å². The van der Waals surface area contributed by atoms with Crippen LogP contribution in [0.25, 0.3) is 0 Å². The van der Waals surface area contributed by atoms with Crippen molar-refractivity contribution in [1.29, 1.82) is 0 Å². The van der Waals surface area contributed by atoms with Crippen LogP contribution < -0.4 is 10.6 Å². The van der Waals surface area contributed by atoms with Gasteiger partial charge in [-0.3, -0.25) is 14.8 Å². The minimum absolute atomic E-state index is 0.476. The number of hydrogen-bond donors (Lipinski definition) is 2. The molecule has 0 aliphatic carbocycles. The molecule has 2 aliphatic heterocycles. The quantitative estimate of drug-likeness (QED) is 0.517. The molecule has 2 heterocycles. The molecule has 2 fully saturated rings. The van der Waals surface area contributed by atoms with E-state index in [0.29, 0.717) is 6.04 Å². The lowest BCUT2D eigenvalue weighted by Gasteiger charge is -2.33. The van der Waals surface area contributed by atoms with Gasteiger partial charge in [-0.25, -0.2) is 0 Å². The molecule has 0 atom stereocenters. The summed E-state index contributed by atoms with van der Waals surface area (Å²) in [4.78, 5) is 9.44. The first-order valence-electron chi connectivity index (χ1n) is 11.9. The number of morpholine rings is 1. The molecule has 2 aromatic rings. The van der Waals surface area contributed by atoms with E-state index in [4.69, 9.17) is 4.74 Å². The zero-order valence-electron chi connectivity index (χ0n) is 19.3. The molecule has 0 spiro atoms. The summed E-state index contributed by atoms with van der Waals surface area (Å²) in [6.45, 7) is 8.81. The highest BCUT2D eigenvalue weighted by molar-refractivity contribution is 5.79. The van der Waals surface area contributed by atoms with Crippen molar-refractivity contribution in [3.63, 3.8) is 0 Å². The van der Waals surface area contributed by atoms with Gasteiger partial charge in [0.25, 0.3) is 0 Å². The number of guanidine groups is 1. The summed E-state index contributed by atoms with van der Waals surface area (Å²) in [5.41, 5.74) is 4.03. The topological polar surface area (TPSA) is 52.1 Å². The van der Waals surface area contributed by atoms with Crippen LogP contribution in [0.5, 0.6) is 0 Å². The predicted octanol–water partition coefficient (Wildman–Crippen LogP) is 2.85. The van der Waals surface area contributed by atoms with Crippen molar-refractivity contribution in [2.24, 2.45) is 4.99 Å². The Balaban J connectivity index is 1.17. The third-order valence-corrected chi connectivity index (χ3v) is 6.39. The fraction of sp³-hybridized carbons (Fsp3) is 0.500. The number of nitrogens with one attached hydrogen (secondary N) is 2. The molecule has 6 nitrogen and oxygen atoms in total. The van der Waals surface area contributed by atoms with E-state index in [9.17, 15) is 0 Å². The van der Waals surface area contributed by atoms with Crippen LogP contribution in [0.3, 0.4) is 0 Å². The minimum Gasteiger partial charge on any atom is -0.379 e. The van der Waals surface area contributed by atoms with E-state index < -0.39 is 0 Å². The molecule has 0 unspecified atom stereocenters. The Kier molecular flexibility index (Phi) is 8.54. The Labute approximate surface area is 192 Å². The highest BCUT2D eigenvalue weighted by atomic mass is 16.5. The maximum Gasteiger partial charge on any atom is 0.191 e. The largest absolute Gasteiger partial charge is 0.379 e. The fourth-order valence-electron chi connectivity index (χ4n) is 4.43. The van der Waals surface area contributed by atoms with Crippen LogP contribution in [-0.2, 0) is 24.4 Å². The molecule has 2 N–H and O–H groups in total. The minimum atomic E-state index is 0.476. The molecule has 0 radical (unpaired) electrons. The molecule has 2 saturated heterocycles. The Morgan fingerprint density at radius 2 is 1.44 bits per heavy atom. The molecule has 0 aromatic heterocycles. The molecule has 0 saturated carbocycles. The zero-order valence-corrected chi connectivity index (χ0v) is 19.3. The molecule has 0 amide bonds. The van der Waals surface area contributed by atoms with Crippen LogP contribution in [0, 0.1) is 0 Å². The summed E-state index contributed by atoms with van der Waals surface area (Å²) in [6, 6.07) is 20.2. The summed E-state index contributed by atoms with van der Waals surface area (Å²) in [6.07, 6.45) is 2.29. The summed E-state index contributed by atoms with van der Waals surface area (Å²) in [7, 11) is 1.85. The lowest BCUT2D eigenvalue weighted by molar-refractivity contribution is 0.0342. The SMILES string of the molecule is CN=C(NCc1ccc(CN2CCOCC2)cc1)NC1CCN(Cc2ccccc2)CC1. The van der Waals surface area contributed by atoms with E-state index in [-0.39, 0.29) is 0 Å². The molecule has 2 aromatic carbocycles. The lowest BCUT2D eigenvalue weighted by Crippen LogP contribution is -2.48. The first kappa shape index (κ1) is 22.8. The van der Waals surface area contributed by atoms with E-state index in [1.54, 1.807) is 0 Å². The van der Waals surface area contributed by atoms with Gasteiger partial charge in [-0.1, -0.05) is 54.6 Å². The molecule has 0 bridgehead atoms. The van der Waals surface area contributed by atoms with E-state index in [2.05, 4.69) is 80.0 Å². The van der Waals surface area contributed by atoms with E-state index in [0.717, 1.165) is 77.8 Å². The van der Waals surface area contributed by atoms with E-state index in [1.807, 2.05) is 7.05 Å². The van der Waals surface area contributed by atoms with Gasteiger partial charge in [0.1, 0.15) is 0 Å². The second-order valence-electron chi connectivity index (χ2n) is 8.81. The number of nitrogens with zero attached hydrogens (tertiary/aromatic N) is 3. The smallest absolute Gasteiger partial charge is 0.191 e. The monoisotopic (exact) mass is 435 g/mol. The summed E-state index contributed by atoms with van der Waals surface area (Å²) >= 11 is 0. The molecule has 32 heavy (non-hydrogen) atoms. The number of likely N-dealkylation sites (tertiary alicyclic amines) is 1. The van der Waals surface area contributed by atoms with Crippen LogP contribution >= 0.6 is 0 Å². The summed E-state index contributed by atoms with van der Waals surface area (Å²) < 4.78 is 5.44. The molecule has 2 aliphatic rings. The zero-order chi connectivity index (χ0) is 22.0. The van der Waals surface area contributed by atoms with Crippen molar-refractivity contribution in [1.82, 2.24) is 20.4 Å². The van der Waals surface area contributed by atoms with Gasteiger partial charge in [0.05, 0.1) is 13.2 Å². The molecule has 6 heteroatoms. The van der Waals surface area contributed by atoms with Gasteiger partial charge in [-0.2, -0.15) is 0 Å². The van der Waals surface area contributed by atoms with Gasteiger partial charge in [-0.15, -0.1) is 0 Å². The number of aliphatic imine (C=N–C) groups is 1. The van der Waals surface area contributed by atoms with Gasteiger partial charge >= 0.3 is 0 Å². The number of benzene rings is 2. The fourth-order valence-corrected chi connectivity index (χ4v) is 4.43. The predicted molar refractivity (Wildman–Crippen MR) is 131 cm³/mol. The van der Waals surface area contributed by atoms with Gasteiger partial charge in [0.15, 0.2) is 5.96 Å². The number of ether oxygens (including phenoxy) is 1. The van der Waals surface area contributed by atoms with Crippen molar-refractivity contribution in [2.75, 3.05) is 46.4 Å². The molecular formula is C26H37N5O. The Morgan fingerprint density at radius 1 is 0.844 bits per heavy atom. The third-order valence-electron chi connectivity index (χ3n) is 6.39. The van der Waals surface area contributed by atoms with Crippen LogP contribution in [-0.4, -0.2) is 68.2 Å². The van der Waals surface area contributed by atoms with Gasteiger partial charge in [0.2, 0.25) is 0 Å². The Morgan fingerprint density at radius 3 is 2.09 bits per heavy atom. The first-order valence-corrected chi connectivity index (χ1v) is 11.9. The highest BCUT2D eigenvalue weighted by Crippen LogP contribution is 2.14. The van der Waals surface area contributed by atoms with E-state index >= 15 is 0 Å². The Bertz CT molecular complexity index is 825. The van der Waals surface area contributed by atoms with Crippen molar-refractivity contribution in [2.45, 2.75) is 38.5 Å². The summed E-state index contributed by atoms with van der Waals surface area (Å²) in [5.74, 6) is 0.893. The highest BCUT2D eigenvalue weighted by Gasteiger charge is 2.20. The molecule has 4 rings (SSSR count).